The molecule has 0 spiro atoms. The molecule has 3 aromatic rings. The highest BCUT2D eigenvalue weighted by molar-refractivity contribution is 8.00. The number of hydrogen-bond donors (Lipinski definition) is 2. The topological polar surface area (TPSA) is 107 Å². The zero-order chi connectivity index (χ0) is 22.0. The number of methoxy groups -OCH3 is 1. The molecule has 0 aliphatic heterocycles. The summed E-state index contributed by atoms with van der Waals surface area (Å²) in [4.78, 5) is 35.5. The first-order valence-corrected chi connectivity index (χ1v) is 11.8. The molecule has 0 unspecified atom stereocenters. The minimum Gasteiger partial charge on any atom is -0.497 e. The summed E-state index contributed by atoms with van der Waals surface area (Å²) in [6.45, 7) is 2.23. The zero-order valence-corrected chi connectivity index (χ0v) is 19.1. The molecule has 1 amide bonds. The van der Waals surface area contributed by atoms with E-state index in [0.717, 1.165) is 45.8 Å². The summed E-state index contributed by atoms with van der Waals surface area (Å²) in [6, 6.07) is 9.33. The van der Waals surface area contributed by atoms with E-state index in [0.29, 0.717) is 17.2 Å². The van der Waals surface area contributed by atoms with E-state index in [1.165, 1.54) is 23.1 Å². The lowest BCUT2D eigenvalue weighted by Gasteiger charge is -2.36. The molecule has 1 aliphatic carbocycles. The first-order valence-electron chi connectivity index (χ1n) is 10.0. The SMILES string of the molecule is COc1ccc2nc(C)nc(SCC(=O)c3ccc(CNC(=O)C4(N)CCC4)s3)c2c1. The third-order valence-corrected chi connectivity index (χ3v) is 7.49. The second-order valence-electron chi connectivity index (χ2n) is 7.63. The summed E-state index contributed by atoms with van der Waals surface area (Å²) in [5, 5.41) is 4.51. The van der Waals surface area contributed by atoms with Crippen LogP contribution in [0.2, 0.25) is 0 Å². The van der Waals surface area contributed by atoms with Crippen molar-refractivity contribution in [2.24, 2.45) is 5.73 Å². The van der Waals surface area contributed by atoms with Crippen LogP contribution in [-0.4, -0.2) is 40.1 Å². The smallest absolute Gasteiger partial charge is 0.240 e. The number of nitrogens with zero attached hydrogens (tertiary/aromatic N) is 2. The normalized spacial score (nSPS) is 14.8. The van der Waals surface area contributed by atoms with Gasteiger partial charge in [0.05, 0.1) is 35.3 Å². The molecule has 0 saturated heterocycles. The number of thioether (sulfide) groups is 1. The highest BCUT2D eigenvalue weighted by Crippen LogP contribution is 2.31. The fraction of sp³-hybridized carbons (Fsp3) is 0.364. The number of benzene rings is 1. The second-order valence-corrected chi connectivity index (χ2v) is 9.76. The largest absolute Gasteiger partial charge is 0.497 e. The molecular weight excluding hydrogens is 432 g/mol. The summed E-state index contributed by atoms with van der Waals surface area (Å²) in [7, 11) is 1.61. The number of fused-ring (bicyclic) bond motifs is 1. The van der Waals surface area contributed by atoms with Crippen LogP contribution >= 0.6 is 23.1 Å². The summed E-state index contributed by atoms with van der Waals surface area (Å²) in [5.41, 5.74) is 6.15. The highest BCUT2D eigenvalue weighted by Gasteiger charge is 2.39. The number of nitrogens with two attached hydrogens (primary N) is 1. The van der Waals surface area contributed by atoms with Crippen molar-refractivity contribution in [3.63, 3.8) is 0 Å². The molecular formula is C22H24N4O3S2. The van der Waals surface area contributed by atoms with Gasteiger partial charge in [0.15, 0.2) is 5.78 Å². The molecule has 7 nitrogen and oxygen atoms in total. The lowest BCUT2D eigenvalue weighted by atomic mass is 9.77. The highest BCUT2D eigenvalue weighted by atomic mass is 32.2. The molecule has 162 valence electrons. The van der Waals surface area contributed by atoms with Gasteiger partial charge < -0.3 is 15.8 Å². The first-order chi connectivity index (χ1) is 14.9. The monoisotopic (exact) mass is 456 g/mol. The van der Waals surface area contributed by atoms with Crippen LogP contribution in [0.1, 0.15) is 39.6 Å². The predicted molar refractivity (Wildman–Crippen MR) is 123 cm³/mol. The van der Waals surface area contributed by atoms with Crippen molar-refractivity contribution >= 4 is 45.7 Å². The van der Waals surface area contributed by atoms with Gasteiger partial charge in [0.1, 0.15) is 16.6 Å². The van der Waals surface area contributed by atoms with Crippen molar-refractivity contribution < 1.29 is 14.3 Å². The van der Waals surface area contributed by atoms with Crippen LogP contribution in [-0.2, 0) is 11.3 Å². The van der Waals surface area contributed by atoms with E-state index in [-0.39, 0.29) is 17.4 Å². The van der Waals surface area contributed by atoms with Gasteiger partial charge >= 0.3 is 0 Å². The number of hydrogen-bond acceptors (Lipinski definition) is 8. The molecule has 2 aromatic heterocycles. The summed E-state index contributed by atoms with van der Waals surface area (Å²) >= 11 is 2.79. The van der Waals surface area contributed by atoms with E-state index in [2.05, 4.69) is 15.3 Å². The van der Waals surface area contributed by atoms with Crippen LogP contribution < -0.4 is 15.8 Å². The predicted octanol–water partition coefficient (Wildman–Crippen LogP) is 3.48. The molecule has 9 heteroatoms. The number of amides is 1. The Hall–Kier alpha value is -2.49. The zero-order valence-electron chi connectivity index (χ0n) is 17.4. The van der Waals surface area contributed by atoms with Crippen LogP contribution in [0.25, 0.3) is 10.9 Å². The van der Waals surface area contributed by atoms with Crippen molar-refractivity contribution in [2.75, 3.05) is 12.9 Å². The number of rotatable bonds is 8. The Labute approximate surface area is 188 Å². The van der Waals surface area contributed by atoms with Gasteiger partial charge in [0.25, 0.3) is 0 Å². The van der Waals surface area contributed by atoms with E-state index in [9.17, 15) is 9.59 Å². The van der Waals surface area contributed by atoms with Gasteiger partial charge in [-0.25, -0.2) is 9.97 Å². The number of nitrogens with one attached hydrogen (secondary N) is 1. The summed E-state index contributed by atoms with van der Waals surface area (Å²) in [6.07, 6.45) is 2.45. The Kier molecular flexibility index (Phi) is 6.27. The van der Waals surface area contributed by atoms with Gasteiger partial charge in [0, 0.05) is 10.3 Å². The first kappa shape index (κ1) is 21.7. The third-order valence-electron chi connectivity index (χ3n) is 5.38. The number of Topliss-reactive ketones (excluding diaryl/α,β-unsaturated/α-hetero) is 1. The lowest BCUT2D eigenvalue weighted by Crippen LogP contribution is -2.58. The van der Waals surface area contributed by atoms with Gasteiger partial charge in [-0.1, -0.05) is 11.8 Å². The molecule has 2 heterocycles. The van der Waals surface area contributed by atoms with Crippen molar-refractivity contribution in [1.29, 1.82) is 0 Å². The minimum absolute atomic E-state index is 0.0224. The van der Waals surface area contributed by atoms with Gasteiger partial charge in [-0.2, -0.15) is 0 Å². The van der Waals surface area contributed by atoms with Gasteiger partial charge in [-0.3, -0.25) is 9.59 Å². The molecule has 1 aliphatic rings. The Morgan fingerprint density at radius 1 is 1.26 bits per heavy atom. The Morgan fingerprint density at radius 2 is 2.06 bits per heavy atom. The number of ketones is 1. The van der Waals surface area contributed by atoms with E-state index >= 15 is 0 Å². The van der Waals surface area contributed by atoms with E-state index < -0.39 is 5.54 Å². The van der Waals surface area contributed by atoms with Gasteiger partial charge in [-0.05, 0) is 56.5 Å². The minimum atomic E-state index is -0.715. The number of aromatic nitrogens is 2. The molecule has 4 rings (SSSR count). The second kappa shape index (κ2) is 8.94. The Morgan fingerprint density at radius 3 is 2.77 bits per heavy atom. The average molecular weight is 457 g/mol. The standard InChI is InChI=1S/C22H24N4O3S2/c1-13-25-17-6-4-14(29-2)10-16(17)20(26-13)30-12-18(27)19-7-5-15(31-19)11-24-21(28)22(23)8-3-9-22/h4-7,10H,3,8-9,11-12,23H2,1-2H3,(H,24,28). The maximum Gasteiger partial charge on any atom is 0.240 e. The number of aryl methyl sites for hydroxylation is 1. The van der Waals surface area contributed by atoms with Crippen LogP contribution in [0.15, 0.2) is 35.4 Å². The molecule has 0 bridgehead atoms. The van der Waals surface area contributed by atoms with Crippen LogP contribution in [0.5, 0.6) is 5.75 Å². The number of carbonyl (C=O) groups excluding carboxylic acids is 2. The van der Waals surface area contributed by atoms with Crippen molar-refractivity contribution in [3.8, 4) is 5.75 Å². The molecule has 31 heavy (non-hydrogen) atoms. The fourth-order valence-electron chi connectivity index (χ4n) is 3.38. The van der Waals surface area contributed by atoms with Crippen molar-refractivity contribution in [2.45, 2.75) is 43.3 Å². The van der Waals surface area contributed by atoms with E-state index in [1.807, 2.05) is 37.3 Å². The maximum atomic E-state index is 12.7. The fourth-order valence-corrected chi connectivity index (χ4v) is 5.30. The molecule has 0 radical (unpaired) electrons. The summed E-state index contributed by atoms with van der Waals surface area (Å²) < 4.78 is 5.31. The summed E-state index contributed by atoms with van der Waals surface area (Å²) in [5.74, 6) is 1.55. The molecule has 1 aromatic carbocycles. The molecule has 3 N–H and O–H groups in total. The molecule has 1 saturated carbocycles. The average Bonchev–Trinajstić information content (AvgIpc) is 3.22. The van der Waals surface area contributed by atoms with Crippen molar-refractivity contribution in [3.05, 3.63) is 45.9 Å². The third kappa shape index (κ3) is 4.73. The number of carbonyl (C=O) groups is 2. The Balaban J connectivity index is 1.40. The van der Waals surface area contributed by atoms with E-state index in [4.69, 9.17) is 10.5 Å². The van der Waals surface area contributed by atoms with E-state index in [1.54, 1.807) is 7.11 Å². The number of ether oxygens (including phenoxy) is 1. The van der Waals surface area contributed by atoms with Gasteiger partial charge in [0.2, 0.25) is 5.91 Å². The van der Waals surface area contributed by atoms with Gasteiger partial charge in [-0.15, -0.1) is 11.3 Å². The molecule has 0 atom stereocenters. The van der Waals surface area contributed by atoms with Crippen molar-refractivity contribution in [1.82, 2.24) is 15.3 Å². The Bertz CT molecular complexity index is 1140. The van der Waals surface area contributed by atoms with Crippen LogP contribution in [0.3, 0.4) is 0 Å². The quantitative estimate of drug-likeness (QED) is 0.303. The lowest BCUT2D eigenvalue weighted by molar-refractivity contribution is -0.129. The number of thiophene rings is 1. The van der Waals surface area contributed by atoms with Crippen LogP contribution in [0.4, 0.5) is 0 Å². The van der Waals surface area contributed by atoms with Crippen LogP contribution in [0, 0.1) is 6.92 Å². The maximum absolute atomic E-state index is 12.7. The molecule has 1 fully saturated rings.